The molecule has 0 aliphatic rings. The van der Waals surface area contributed by atoms with Gasteiger partial charge in [0, 0.05) is 18.9 Å². The van der Waals surface area contributed by atoms with Crippen molar-refractivity contribution in [3.8, 4) is 0 Å². The summed E-state index contributed by atoms with van der Waals surface area (Å²) in [5.74, 6) is -0.429. The van der Waals surface area contributed by atoms with Crippen molar-refractivity contribution in [2.45, 2.75) is 6.92 Å². The van der Waals surface area contributed by atoms with Crippen LogP contribution in [0.4, 0.5) is 5.95 Å². The van der Waals surface area contributed by atoms with Crippen LogP contribution in [0.2, 0.25) is 0 Å². The Labute approximate surface area is 76.0 Å². The zero-order chi connectivity index (χ0) is 9.68. The van der Waals surface area contributed by atoms with Gasteiger partial charge in [-0.25, -0.2) is 9.97 Å². The molecule has 0 fully saturated rings. The lowest BCUT2D eigenvalue weighted by molar-refractivity contribution is -0.135. The molecule has 5 nitrogen and oxygen atoms in total. The van der Waals surface area contributed by atoms with Crippen LogP contribution in [0.15, 0.2) is 18.5 Å². The predicted molar refractivity (Wildman–Crippen MR) is 47.6 cm³/mol. The van der Waals surface area contributed by atoms with Gasteiger partial charge in [0.1, 0.15) is 6.54 Å². The summed E-state index contributed by atoms with van der Waals surface area (Å²) in [5, 5.41) is 8.58. The highest BCUT2D eigenvalue weighted by Crippen LogP contribution is 2.03. The van der Waals surface area contributed by atoms with Crippen LogP contribution in [-0.4, -0.2) is 34.1 Å². The van der Waals surface area contributed by atoms with E-state index in [4.69, 9.17) is 5.11 Å². The van der Waals surface area contributed by atoms with Crippen molar-refractivity contribution in [3.63, 3.8) is 0 Å². The maximum atomic E-state index is 10.4. The van der Waals surface area contributed by atoms with Crippen LogP contribution >= 0.6 is 0 Å². The first-order valence-corrected chi connectivity index (χ1v) is 3.97. The Balaban J connectivity index is 2.73. The van der Waals surface area contributed by atoms with Gasteiger partial charge < -0.3 is 10.0 Å². The molecule has 0 saturated heterocycles. The van der Waals surface area contributed by atoms with Crippen LogP contribution in [0.1, 0.15) is 6.92 Å². The number of aliphatic carboxylic acids is 1. The zero-order valence-electron chi connectivity index (χ0n) is 7.34. The van der Waals surface area contributed by atoms with E-state index in [1.54, 1.807) is 23.4 Å². The van der Waals surface area contributed by atoms with E-state index < -0.39 is 5.97 Å². The first-order chi connectivity index (χ1) is 6.24. The third-order valence-corrected chi connectivity index (χ3v) is 1.54. The zero-order valence-corrected chi connectivity index (χ0v) is 7.34. The van der Waals surface area contributed by atoms with Crippen LogP contribution < -0.4 is 4.90 Å². The van der Waals surface area contributed by atoms with Gasteiger partial charge in [0.15, 0.2) is 0 Å². The third kappa shape index (κ3) is 2.70. The molecule has 1 aromatic rings. The van der Waals surface area contributed by atoms with Gasteiger partial charge in [0.05, 0.1) is 0 Å². The Hall–Kier alpha value is -1.65. The van der Waals surface area contributed by atoms with E-state index >= 15 is 0 Å². The summed E-state index contributed by atoms with van der Waals surface area (Å²) in [6, 6.07) is 1.69. The van der Waals surface area contributed by atoms with Crippen molar-refractivity contribution >= 4 is 11.9 Å². The fourth-order valence-electron chi connectivity index (χ4n) is 0.942. The molecule has 1 heterocycles. The molecule has 0 amide bonds. The fourth-order valence-corrected chi connectivity index (χ4v) is 0.942. The molecule has 0 bridgehead atoms. The monoisotopic (exact) mass is 181 g/mol. The molecule has 1 rings (SSSR count). The third-order valence-electron chi connectivity index (χ3n) is 1.54. The number of anilines is 1. The number of carboxylic acids is 1. The van der Waals surface area contributed by atoms with Gasteiger partial charge in [-0.1, -0.05) is 0 Å². The van der Waals surface area contributed by atoms with Gasteiger partial charge in [-0.3, -0.25) is 4.79 Å². The summed E-state index contributed by atoms with van der Waals surface area (Å²) >= 11 is 0. The van der Waals surface area contributed by atoms with E-state index in [1.165, 1.54) is 0 Å². The standard InChI is InChI=1S/C8H11N3O2/c1-2-11(6-7(12)13)8-9-4-3-5-10-8/h3-5H,2,6H2,1H3,(H,12,13). The number of carbonyl (C=O) groups is 1. The van der Waals surface area contributed by atoms with Gasteiger partial charge in [-0.2, -0.15) is 0 Å². The van der Waals surface area contributed by atoms with E-state index in [2.05, 4.69) is 9.97 Å². The molecule has 0 saturated carbocycles. The van der Waals surface area contributed by atoms with Crippen LogP contribution in [0.3, 0.4) is 0 Å². The number of hydrogen-bond donors (Lipinski definition) is 1. The van der Waals surface area contributed by atoms with Gasteiger partial charge in [0.25, 0.3) is 0 Å². The Bertz CT molecular complexity index is 276. The molecule has 1 aromatic heterocycles. The molecule has 0 aliphatic heterocycles. The summed E-state index contributed by atoms with van der Waals surface area (Å²) in [6.07, 6.45) is 3.18. The topological polar surface area (TPSA) is 66.3 Å². The Morgan fingerprint density at radius 2 is 2.15 bits per heavy atom. The lowest BCUT2D eigenvalue weighted by Gasteiger charge is -2.17. The number of carboxylic acid groups (broad SMARTS) is 1. The van der Waals surface area contributed by atoms with Crippen LogP contribution in [-0.2, 0) is 4.79 Å². The van der Waals surface area contributed by atoms with Crippen LogP contribution in [0, 0.1) is 0 Å². The minimum absolute atomic E-state index is 0.0689. The van der Waals surface area contributed by atoms with Crippen molar-refractivity contribution in [1.82, 2.24) is 9.97 Å². The quantitative estimate of drug-likeness (QED) is 0.727. The average molecular weight is 181 g/mol. The summed E-state index contributed by atoms with van der Waals surface area (Å²) in [5.41, 5.74) is 0. The number of nitrogens with zero attached hydrogens (tertiary/aromatic N) is 3. The SMILES string of the molecule is CCN(CC(=O)O)c1ncccn1. The largest absolute Gasteiger partial charge is 0.480 e. The molecule has 0 radical (unpaired) electrons. The van der Waals surface area contributed by atoms with Gasteiger partial charge in [0.2, 0.25) is 5.95 Å². The van der Waals surface area contributed by atoms with E-state index in [0.29, 0.717) is 12.5 Å². The smallest absolute Gasteiger partial charge is 0.323 e. The molecule has 0 atom stereocenters. The molecule has 13 heavy (non-hydrogen) atoms. The minimum atomic E-state index is -0.880. The van der Waals surface area contributed by atoms with E-state index in [1.807, 2.05) is 6.92 Å². The predicted octanol–water partition coefficient (Wildman–Crippen LogP) is 0.387. The lowest BCUT2D eigenvalue weighted by Crippen LogP contribution is -2.30. The fraction of sp³-hybridized carbons (Fsp3) is 0.375. The van der Waals surface area contributed by atoms with Crippen molar-refractivity contribution in [1.29, 1.82) is 0 Å². The molecule has 70 valence electrons. The van der Waals surface area contributed by atoms with E-state index in [9.17, 15) is 4.79 Å². The molecule has 5 heteroatoms. The van der Waals surface area contributed by atoms with E-state index in [-0.39, 0.29) is 6.54 Å². The maximum absolute atomic E-state index is 10.4. The second-order valence-corrected chi connectivity index (χ2v) is 2.46. The minimum Gasteiger partial charge on any atom is -0.480 e. The molecular formula is C8H11N3O2. The normalized spacial score (nSPS) is 9.62. The summed E-state index contributed by atoms with van der Waals surface area (Å²) in [7, 11) is 0. The van der Waals surface area contributed by atoms with Crippen molar-refractivity contribution in [2.75, 3.05) is 18.0 Å². The molecule has 0 spiro atoms. The van der Waals surface area contributed by atoms with Gasteiger partial charge in [-0.05, 0) is 13.0 Å². The summed E-state index contributed by atoms with van der Waals surface area (Å²) in [4.78, 5) is 19.9. The van der Waals surface area contributed by atoms with Crippen LogP contribution in [0.25, 0.3) is 0 Å². The summed E-state index contributed by atoms with van der Waals surface area (Å²) < 4.78 is 0. The second kappa shape index (κ2) is 4.39. The maximum Gasteiger partial charge on any atom is 0.323 e. The Kier molecular flexibility index (Phi) is 3.19. The van der Waals surface area contributed by atoms with Gasteiger partial charge in [-0.15, -0.1) is 0 Å². The highest BCUT2D eigenvalue weighted by Gasteiger charge is 2.09. The Morgan fingerprint density at radius 1 is 1.54 bits per heavy atom. The number of rotatable bonds is 4. The first kappa shape index (κ1) is 9.44. The highest BCUT2D eigenvalue weighted by molar-refractivity contribution is 5.72. The number of hydrogen-bond acceptors (Lipinski definition) is 4. The molecule has 0 aromatic carbocycles. The lowest BCUT2D eigenvalue weighted by atomic mass is 10.5. The number of likely N-dealkylation sites (N-methyl/N-ethyl adjacent to an activating group) is 1. The van der Waals surface area contributed by atoms with Crippen molar-refractivity contribution in [2.24, 2.45) is 0 Å². The second-order valence-electron chi connectivity index (χ2n) is 2.46. The van der Waals surface area contributed by atoms with E-state index in [0.717, 1.165) is 0 Å². The number of aromatic nitrogens is 2. The van der Waals surface area contributed by atoms with Crippen molar-refractivity contribution < 1.29 is 9.90 Å². The Morgan fingerprint density at radius 3 is 2.62 bits per heavy atom. The van der Waals surface area contributed by atoms with Gasteiger partial charge >= 0.3 is 5.97 Å². The molecule has 0 aliphatic carbocycles. The molecular weight excluding hydrogens is 170 g/mol. The molecule has 0 unspecified atom stereocenters. The average Bonchev–Trinajstić information content (AvgIpc) is 2.15. The molecule has 1 N–H and O–H groups in total. The first-order valence-electron chi connectivity index (χ1n) is 3.97. The van der Waals surface area contributed by atoms with Crippen molar-refractivity contribution in [3.05, 3.63) is 18.5 Å². The van der Waals surface area contributed by atoms with Crippen LogP contribution in [0.5, 0.6) is 0 Å². The highest BCUT2D eigenvalue weighted by atomic mass is 16.4. The summed E-state index contributed by atoms with van der Waals surface area (Å²) in [6.45, 7) is 2.37.